The van der Waals surface area contributed by atoms with E-state index in [0.29, 0.717) is 23.6 Å². The lowest BCUT2D eigenvalue weighted by molar-refractivity contribution is -0.133. The molecule has 0 spiro atoms. The molecule has 1 unspecified atom stereocenters. The van der Waals surface area contributed by atoms with Crippen molar-refractivity contribution in [2.24, 2.45) is 0 Å². The number of hydrogen-bond acceptors (Lipinski definition) is 4. The minimum atomic E-state index is -0.575. The van der Waals surface area contributed by atoms with Crippen LogP contribution in [-0.4, -0.2) is 34.5 Å². The monoisotopic (exact) mass is 387 g/mol. The molecule has 3 rings (SSSR count). The van der Waals surface area contributed by atoms with Gasteiger partial charge in [0.1, 0.15) is 6.04 Å². The molecule has 1 aliphatic rings. The van der Waals surface area contributed by atoms with E-state index in [1.807, 2.05) is 43.0 Å². The number of rotatable bonds is 5. The number of likely N-dealkylation sites (tertiary alicyclic amines) is 1. The molecule has 2 aromatic rings. The molecule has 2 amide bonds. The van der Waals surface area contributed by atoms with Crippen LogP contribution >= 0.6 is 11.6 Å². The molecular weight excluding hydrogens is 366 g/mol. The fraction of sp³-hybridized carbons (Fsp3) is 0.300. The fourth-order valence-electron chi connectivity index (χ4n) is 3.37. The number of anilines is 1. The van der Waals surface area contributed by atoms with E-state index < -0.39 is 11.4 Å². The molecule has 2 aromatic carbocycles. The van der Waals surface area contributed by atoms with Crippen LogP contribution in [0.3, 0.4) is 0 Å². The maximum atomic E-state index is 13.0. The first-order valence-electron chi connectivity index (χ1n) is 8.71. The van der Waals surface area contributed by atoms with Crippen molar-refractivity contribution in [2.45, 2.75) is 31.8 Å². The predicted octanol–water partition coefficient (Wildman–Crippen LogP) is 3.41. The molecule has 0 bridgehead atoms. The van der Waals surface area contributed by atoms with Gasteiger partial charge in [0.05, 0.1) is 5.54 Å². The molecule has 1 atom stereocenters. The second kappa shape index (κ2) is 7.58. The van der Waals surface area contributed by atoms with Gasteiger partial charge in [0, 0.05) is 22.8 Å². The fourth-order valence-corrected chi connectivity index (χ4v) is 3.49. The lowest BCUT2D eigenvalue weighted by atomic mass is 9.92. The first kappa shape index (κ1) is 19.2. The molecule has 142 valence electrons. The smallest absolute Gasteiger partial charge is 0.274 e. The molecule has 0 aliphatic carbocycles. The highest BCUT2D eigenvalue weighted by Gasteiger charge is 2.40. The van der Waals surface area contributed by atoms with Crippen LogP contribution in [0, 0.1) is 0 Å². The molecule has 6 nitrogen and oxygen atoms in total. The molecule has 27 heavy (non-hydrogen) atoms. The molecule has 3 N–H and O–H groups in total. The van der Waals surface area contributed by atoms with E-state index in [1.165, 1.54) is 0 Å². The Balaban J connectivity index is 1.71. The van der Waals surface area contributed by atoms with Gasteiger partial charge < -0.3 is 10.2 Å². The molecular formula is C20H22ClN3O3. The van der Waals surface area contributed by atoms with Crippen molar-refractivity contribution in [3.63, 3.8) is 0 Å². The number of hydrogen-bond donors (Lipinski definition) is 3. The number of halogens is 1. The van der Waals surface area contributed by atoms with Crippen molar-refractivity contribution in [3.05, 3.63) is 64.7 Å². The summed E-state index contributed by atoms with van der Waals surface area (Å²) in [5, 5.41) is 12.6. The number of nitrogens with one attached hydrogen (secondary N) is 2. The van der Waals surface area contributed by atoms with Gasteiger partial charge in [-0.15, -0.1) is 0 Å². The quantitative estimate of drug-likeness (QED) is 0.542. The van der Waals surface area contributed by atoms with Crippen LogP contribution in [-0.2, 0) is 10.3 Å². The number of carbonyl (C=O) groups excluding carboxylic acids is 2. The van der Waals surface area contributed by atoms with Crippen LogP contribution in [0.15, 0.2) is 48.5 Å². The summed E-state index contributed by atoms with van der Waals surface area (Å²) < 4.78 is 0. The van der Waals surface area contributed by atoms with E-state index >= 15 is 0 Å². The molecule has 1 heterocycles. The Bertz CT molecular complexity index is 835. The van der Waals surface area contributed by atoms with Gasteiger partial charge >= 0.3 is 0 Å². The van der Waals surface area contributed by atoms with Gasteiger partial charge in [-0.3, -0.25) is 14.8 Å². The van der Waals surface area contributed by atoms with Crippen molar-refractivity contribution in [1.82, 2.24) is 10.4 Å². The van der Waals surface area contributed by atoms with Gasteiger partial charge in [-0.1, -0.05) is 23.7 Å². The molecule has 1 saturated heterocycles. The minimum absolute atomic E-state index is 0.0344. The van der Waals surface area contributed by atoms with Crippen LogP contribution in [0.2, 0.25) is 5.02 Å². The van der Waals surface area contributed by atoms with Crippen LogP contribution in [0.5, 0.6) is 0 Å². The Labute approximate surface area is 163 Å². The Morgan fingerprint density at radius 1 is 1.15 bits per heavy atom. The van der Waals surface area contributed by atoms with Crippen molar-refractivity contribution < 1.29 is 14.8 Å². The van der Waals surface area contributed by atoms with Crippen molar-refractivity contribution in [1.29, 1.82) is 0 Å². The van der Waals surface area contributed by atoms with Crippen LogP contribution in [0.1, 0.15) is 36.2 Å². The zero-order valence-corrected chi connectivity index (χ0v) is 16.0. The number of nitrogens with zero attached hydrogens (tertiary/aromatic N) is 1. The first-order chi connectivity index (χ1) is 12.8. The van der Waals surface area contributed by atoms with E-state index in [2.05, 4.69) is 5.32 Å². The summed E-state index contributed by atoms with van der Waals surface area (Å²) in [4.78, 5) is 26.2. The summed E-state index contributed by atoms with van der Waals surface area (Å²) in [6, 6.07) is 13.8. The molecule has 0 aromatic heterocycles. The summed E-state index contributed by atoms with van der Waals surface area (Å²) in [5.74, 6) is -0.540. The molecule has 1 aliphatic heterocycles. The number of amides is 2. The third-order valence-electron chi connectivity index (χ3n) is 5.02. The minimum Gasteiger partial charge on any atom is -0.374 e. The summed E-state index contributed by atoms with van der Waals surface area (Å²) in [7, 11) is 0. The first-order valence-corrected chi connectivity index (χ1v) is 9.09. The predicted molar refractivity (Wildman–Crippen MR) is 104 cm³/mol. The van der Waals surface area contributed by atoms with Crippen LogP contribution in [0.4, 0.5) is 5.69 Å². The second-order valence-electron chi connectivity index (χ2n) is 7.06. The Hall–Kier alpha value is -2.57. The average Bonchev–Trinajstić information content (AvgIpc) is 3.03. The van der Waals surface area contributed by atoms with Crippen molar-refractivity contribution in [3.8, 4) is 0 Å². The topological polar surface area (TPSA) is 81.7 Å². The maximum absolute atomic E-state index is 13.0. The molecule has 0 saturated carbocycles. The lowest BCUT2D eigenvalue weighted by Crippen LogP contribution is -2.45. The van der Waals surface area contributed by atoms with E-state index in [4.69, 9.17) is 16.8 Å². The summed E-state index contributed by atoms with van der Waals surface area (Å²) >= 11 is 5.97. The Morgan fingerprint density at radius 3 is 2.37 bits per heavy atom. The zero-order chi connectivity index (χ0) is 19.6. The van der Waals surface area contributed by atoms with Gasteiger partial charge in [-0.2, -0.15) is 0 Å². The van der Waals surface area contributed by atoms with E-state index in [1.54, 1.807) is 29.7 Å². The van der Waals surface area contributed by atoms with E-state index in [-0.39, 0.29) is 11.9 Å². The highest BCUT2D eigenvalue weighted by molar-refractivity contribution is 6.30. The average molecular weight is 388 g/mol. The third kappa shape index (κ3) is 3.91. The second-order valence-corrected chi connectivity index (χ2v) is 7.50. The summed E-state index contributed by atoms with van der Waals surface area (Å²) in [6.07, 6.45) is 0.689. The largest absolute Gasteiger partial charge is 0.374 e. The summed E-state index contributed by atoms with van der Waals surface area (Å²) in [6.45, 7) is 4.70. The third-order valence-corrected chi connectivity index (χ3v) is 5.27. The van der Waals surface area contributed by atoms with Crippen molar-refractivity contribution in [2.75, 3.05) is 11.9 Å². The molecule has 1 fully saturated rings. The van der Waals surface area contributed by atoms with Crippen molar-refractivity contribution >= 4 is 29.1 Å². The van der Waals surface area contributed by atoms with Gasteiger partial charge in [-0.25, -0.2) is 5.48 Å². The lowest BCUT2D eigenvalue weighted by Gasteiger charge is -2.36. The molecule has 7 heteroatoms. The number of carbonyl (C=O) groups is 2. The number of hydroxylamine groups is 1. The highest BCUT2D eigenvalue weighted by atomic mass is 35.5. The van der Waals surface area contributed by atoms with Gasteiger partial charge in [0.15, 0.2) is 0 Å². The number of benzene rings is 2. The van der Waals surface area contributed by atoms with Gasteiger partial charge in [0.25, 0.3) is 5.91 Å². The standard InChI is InChI=1S/C20H22ClN3O3/c1-20(2,14-5-7-15(21)8-6-14)24-12-11-17(19(24)26)22-16-9-3-13(4-10-16)18(25)23-27/h3-10,17,22,27H,11-12H2,1-2H3,(H,23,25). The normalized spacial score (nSPS) is 17.1. The Morgan fingerprint density at radius 2 is 1.78 bits per heavy atom. The van der Waals surface area contributed by atoms with E-state index in [9.17, 15) is 9.59 Å². The summed E-state index contributed by atoms with van der Waals surface area (Å²) in [5.41, 5.74) is 3.26. The zero-order valence-electron chi connectivity index (χ0n) is 15.2. The van der Waals surface area contributed by atoms with Crippen LogP contribution in [0.25, 0.3) is 0 Å². The van der Waals surface area contributed by atoms with E-state index in [0.717, 1.165) is 11.3 Å². The van der Waals surface area contributed by atoms with Gasteiger partial charge in [-0.05, 0) is 62.2 Å². The maximum Gasteiger partial charge on any atom is 0.274 e. The SMILES string of the molecule is CC(C)(c1ccc(Cl)cc1)N1CCC(Nc2ccc(C(=O)NO)cc2)C1=O. The van der Waals surface area contributed by atoms with Crippen LogP contribution < -0.4 is 10.8 Å². The Kier molecular flexibility index (Phi) is 5.39. The highest BCUT2D eigenvalue weighted by Crippen LogP contribution is 2.33. The van der Waals surface area contributed by atoms with Gasteiger partial charge in [0.2, 0.25) is 5.91 Å². The molecule has 0 radical (unpaired) electrons.